The number of benzene rings is 1. The lowest BCUT2D eigenvalue weighted by molar-refractivity contribution is 0.409. The summed E-state index contributed by atoms with van der Waals surface area (Å²) in [6.45, 7) is -0.0448. The molecule has 0 fully saturated rings. The second-order valence-electron chi connectivity index (χ2n) is 4.26. The van der Waals surface area contributed by atoms with Crippen LogP contribution >= 0.6 is 0 Å². The summed E-state index contributed by atoms with van der Waals surface area (Å²) in [5, 5.41) is 4.22. The van der Waals surface area contributed by atoms with Gasteiger partial charge in [0.25, 0.3) is 0 Å². The van der Waals surface area contributed by atoms with E-state index in [9.17, 15) is 8.42 Å². The predicted octanol–water partition coefficient (Wildman–Crippen LogP) is 0.678. The highest BCUT2D eigenvalue weighted by Crippen LogP contribution is 2.18. The molecule has 0 bridgehead atoms. The number of fused-ring (bicyclic) bond motifs is 1. The number of nitrogen functional groups attached to an aromatic ring is 1. The Labute approximate surface area is 120 Å². The summed E-state index contributed by atoms with van der Waals surface area (Å²) in [6.07, 6.45) is 1.13. The molecule has 108 valence electrons. The van der Waals surface area contributed by atoms with Gasteiger partial charge in [0.2, 0.25) is 16.4 Å². The molecule has 2 aromatic heterocycles. The molecule has 3 aromatic rings. The molecule has 0 aliphatic rings. The summed E-state index contributed by atoms with van der Waals surface area (Å²) < 4.78 is 31.3. The summed E-state index contributed by atoms with van der Waals surface area (Å²) in [5.74, 6) is 0.641. The van der Waals surface area contributed by atoms with Crippen molar-refractivity contribution in [2.24, 2.45) is 0 Å². The minimum absolute atomic E-state index is 0.0448. The third-order valence-corrected chi connectivity index (χ3v) is 4.22. The van der Waals surface area contributed by atoms with Crippen LogP contribution in [-0.4, -0.2) is 23.5 Å². The third-order valence-electron chi connectivity index (χ3n) is 2.82. The normalized spacial score (nSPS) is 11.8. The van der Waals surface area contributed by atoms with Crippen molar-refractivity contribution in [2.45, 2.75) is 11.4 Å². The molecular formula is C12H11N5O3S. The van der Waals surface area contributed by atoms with E-state index in [1.165, 1.54) is 12.1 Å². The lowest BCUT2D eigenvalue weighted by Crippen LogP contribution is -2.23. The van der Waals surface area contributed by atoms with Gasteiger partial charge in [-0.05, 0) is 30.3 Å². The molecule has 3 N–H and O–H groups in total. The summed E-state index contributed by atoms with van der Waals surface area (Å²) in [7, 11) is -3.67. The zero-order valence-electron chi connectivity index (χ0n) is 10.7. The number of nitrogens with two attached hydrogens (primary N) is 1. The summed E-state index contributed by atoms with van der Waals surface area (Å²) in [6, 6.07) is 7.93. The minimum Gasteiger partial charge on any atom is -0.384 e. The molecule has 0 atom stereocenters. The van der Waals surface area contributed by atoms with Crippen LogP contribution in [-0.2, 0) is 16.6 Å². The number of aromatic nitrogens is 3. The zero-order chi connectivity index (χ0) is 14.9. The fourth-order valence-electron chi connectivity index (χ4n) is 1.80. The average Bonchev–Trinajstić information content (AvgIpc) is 2.98. The molecule has 0 unspecified atom stereocenters. The van der Waals surface area contributed by atoms with Crippen molar-refractivity contribution in [3.8, 4) is 0 Å². The van der Waals surface area contributed by atoms with Gasteiger partial charge in [0.15, 0.2) is 5.82 Å². The summed E-state index contributed by atoms with van der Waals surface area (Å²) >= 11 is 0. The van der Waals surface area contributed by atoms with Crippen LogP contribution in [0.2, 0.25) is 0 Å². The molecule has 0 amide bonds. The number of hydrogen-bond donors (Lipinski definition) is 2. The van der Waals surface area contributed by atoms with E-state index >= 15 is 0 Å². The molecule has 21 heavy (non-hydrogen) atoms. The smallest absolute Gasteiger partial charge is 0.241 e. The van der Waals surface area contributed by atoms with Crippen LogP contribution in [0.4, 0.5) is 5.82 Å². The molecule has 0 saturated heterocycles. The Morgan fingerprint density at radius 1 is 1.24 bits per heavy atom. The molecule has 2 heterocycles. The fraction of sp³-hybridized carbons (Fsp3) is 0.0833. The Bertz CT molecular complexity index is 877. The molecule has 3 rings (SSSR count). The highest BCUT2D eigenvalue weighted by atomic mass is 32.2. The Morgan fingerprint density at radius 3 is 2.86 bits per heavy atom. The van der Waals surface area contributed by atoms with E-state index in [2.05, 4.69) is 24.4 Å². The summed E-state index contributed by atoms with van der Waals surface area (Å²) in [5.41, 5.74) is 6.22. The van der Waals surface area contributed by atoms with Crippen LogP contribution in [0.5, 0.6) is 0 Å². The van der Waals surface area contributed by atoms with E-state index in [0.717, 1.165) is 6.39 Å². The van der Waals surface area contributed by atoms with Crippen molar-refractivity contribution in [2.75, 3.05) is 5.73 Å². The SMILES string of the molecule is Nc1ccc2cc(S(=O)(=O)NCc3ncon3)ccc2n1. The van der Waals surface area contributed by atoms with Crippen LogP contribution in [0.3, 0.4) is 0 Å². The van der Waals surface area contributed by atoms with Crippen molar-refractivity contribution in [3.63, 3.8) is 0 Å². The van der Waals surface area contributed by atoms with Crippen LogP contribution in [0, 0.1) is 0 Å². The second kappa shape index (κ2) is 5.11. The van der Waals surface area contributed by atoms with Crippen molar-refractivity contribution in [1.82, 2.24) is 19.8 Å². The van der Waals surface area contributed by atoms with E-state index in [0.29, 0.717) is 16.7 Å². The number of nitrogens with zero attached hydrogens (tertiary/aromatic N) is 3. The molecule has 8 nitrogen and oxygen atoms in total. The third kappa shape index (κ3) is 2.83. The minimum atomic E-state index is -3.67. The molecule has 1 aromatic carbocycles. The Balaban J connectivity index is 1.89. The number of nitrogens with one attached hydrogen (secondary N) is 1. The van der Waals surface area contributed by atoms with Gasteiger partial charge in [0, 0.05) is 5.39 Å². The van der Waals surface area contributed by atoms with Gasteiger partial charge in [-0.2, -0.15) is 4.98 Å². The number of hydrogen-bond acceptors (Lipinski definition) is 7. The van der Waals surface area contributed by atoms with Crippen LogP contribution < -0.4 is 10.5 Å². The first-order chi connectivity index (χ1) is 10.0. The molecular weight excluding hydrogens is 294 g/mol. The van der Waals surface area contributed by atoms with Gasteiger partial charge in [-0.1, -0.05) is 5.16 Å². The monoisotopic (exact) mass is 305 g/mol. The number of pyridine rings is 1. The topological polar surface area (TPSA) is 124 Å². The maximum atomic E-state index is 12.2. The highest BCUT2D eigenvalue weighted by molar-refractivity contribution is 7.89. The van der Waals surface area contributed by atoms with Gasteiger partial charge in [-0.25, -0.2) is 18.1 Å². The lowest BCUT2D eigenvalue weighted by atomic mass is 10.2. The fourth-order valence-corrected chi connectivity index (χ4v) is 2.81. The highest BCUT2D eigenvalue weighted by Gasteiger charge is 2.15. The van der Waals surface area contributed by atoms with Crippen molar-refractivity contribution in [3.05, 3.63) is 42.5 Å². The van der Waals surface area contributed by atoms with Crippen LogP contribution in [0.1, 0.15) is 5.82 Å². The molecule has 0 spiro atoms. The van der Waals surface area contributed by atoms with Gasteiger partial charge in [0.1, 0.15) is 5.82 Å². The maximum Gasteiger partial charge on any atom is 0.241 e. The Kier molecular flexibility index (Phi) is 3.28. The largest absolute Gasteiger partial charge is 0.384 e. The van der Waals surface area contributed by atoms with Crippen molar-refractivity contribution < 1.29 is 12.9 Å². The average molecular weight is 305 g/mol. The molecule has 9 heteroatoms. The first-order valence-corrected chi connectivity index (χ1v) is 7.44. The molecule has 0 saturated carbocycles. The van der Waals surface area contributed by atoms with Gasteiger partial charge < -0.3 is 10.3 Å². The molecule has 0 radical (unpaired) electrons. The van der Waals surface area contributed by atoms with Gasteiger partial charge in [-0.15, -0.1) is 0 Å². The predicted molar refractivity (Wildman–Crippen MR) is 74.5 cm³/mol. The van der Waals surface area contributed by atoms with E-state index in [1.807, 2.05) is 0 Å². The lowest BCUT2D eigenvalue weighted by Gasteiger charge is -2.06. The van der Waals surface area contributed by atoms with E-state index in [1.54, 1.807) is 18.2 Å². The molecule has 0 aliphatic heterocycles. The Morgan fingerprint density at radius 2 is 2.10 bits per heavy atom. The number of sulfonamides is 1. The van der Waals surface area contributed by atoms with Crippen molar-refractivity contribution in [1.29, 1.82) is 0 Å². The van der Waals surface area contributed by atoms with Gasteiger partial charge in [0.05, 0.1) is 17.0 Å². The maximum absolute atomic E-state index is 12.2. The molecule has 0 aliphatic carbocycles. The van der Waals surface area contributed by atoms with Gasteiger partial charge in [-0.3, -0.25) is 0 Å². The first-order valence-electron chi connectivity index (χ1n) is 5.96. The quantitative estimate of drug-likeness (QED) is 0.726. The van der Waals surface area contributed by atoms with Gasteiger partial charge >= 0.3 is 0 Å². The van der Waals surface area contributed by atoms with Crippen molar-refractivity contribution >= 4 is 26.7 Å². The van der Waals surface area contributed by atoms with E-state index in [-0.39, 0.29) is 17.3 Å². The standard InChI is InChI=1S/C12H11N5O3S/c13-11-4-1-8-5-9(2-3-10(8)16-11)21(18,19)15-6-12-14-7-20-17-12/h1-5,7,15H,6H2,(H2,13,16). The number of anilines is 1. The van der Waals surface area contributed by atoms with Crippen LogP contribution in [0.25, 0.3) is 10.9 Å². The Hall–Kier alpha value is -2.52. The van der Waals surface area contributed by atoms with Crippen LogP contribution in [0.15, 0.2) is 46.1 Å². The summed E-state index contributed by atoms with van der Waals surface area (Å²) in [4.78, 5) is 7.99. The zero-order valence-corrected chi connectivity index (χ0v) is 11.5. The number of rotatable bonds is 4. The second-order valence-corrected chi connectivity index (χ2v) is 6.03. The van der Waals surface area contributed by atoms with E-state index in [4.69, 9.17) is 5.73 Å². The van der Waals surface area contributed by atoms with E-state index < -0.39 is 10.0 Å². The first kappa shape index (κ1) is 13.5.